The normalized spacial score (nSPS) is 28.2. The number of aryl methyl sites for hydroxylation is 2. The summed E-state index contributed by atoms with van der Waals surface area (Å²) in [7, 11) is 0. The van der Waals surface area contributed by atoms with Gasteiger partial charge in [-0.05, 0) is 45.4 Å². The fourth-order valence-electron chi connectivity index (χ4n) is 3.77. The monoisotopic (exact) mass is 318 g/mol. The van der Waals surface area contributed by atoms with E-state index in [0.717, 1.165) is 35.8 Å². The second kappa shape index (κ2) is 6.34. The minimum Gasteiger partial charge on any atom is -0.339 e. The van der Waals surface area contributed by atoms with Gasteiger partial charge in [0.1, 0.15) is 0 Å². The van der Waals surface area contributed by atoms with Crippen molar-refractivity contribution in [2.24, 2.45) is 11.8 Å². The van der Waals surface area contributed by atoms with Gasteiger partial charge in [0.05, 0.1) is 23.0 Å². The van der Waals surface area contributed by atoms with Gasteiger partial charge in [-0.15, -0.1) is 0 Å². The maximum atomic E-state index is 12.5. The number of nitrogens with one attached hydrogen (secondary N) is 2. The molecule has 0 aromatic carbocycles. The number of aromatic amines is 1. The van der Waals surface area contributed by atoms with Crippen LogP contribution in [-0.4, -0.2) is 39.5 Å². The van der Waals surface area contributed by atoms with Crippen LogP contribution in [-0.2, 0) is 9.59 Å². The lowest BCUT2D eigenvalue weighted by molar-refractivity contribution is -0.130. The molecule has 0 radical (unpaired) electrons. The molecule has 1 aliphatic carbocycles. The molecule has 2 amide bonds. The molecule has 2 aliphatic rings. The first-order valence-electron chi connectivity index (χ1n) is 8.57. The summed E-state index contributed by atoms with van der Waals surface area (Å²) in [5.74, 6) is 0.564. The van der Waals surface area contributed by atoms with Gasteiger partial charge in [0.25, 0.3) is 0 Å². The lowest BCUT2D eigenvalue weighted by Crippen LogP contribution is -2.39. The van der Waals surface area contributed by atoms with E-state index >= 15 is 0 Å². The molecule has 1 aromatic rings. The number of anilines is 1. The van der Waals surface area contributed by atoms with Crippen LogP contribution in [0, 0.1) is 25.7 Å². The molecule has 0 bridgehead atoms. The largest absolute Gasteiger partial charge is 0.339 e. The number of carbonyl (C=O) groups is 2. The Bertz CT molecular complexity index is 582. The Morgan fingerprint density at radius 2 is 1.96 bits per heavy atom. The number of carbonyl (C=O) groups excluding carboxylic acids is 2. The zero-order chi connectivity index (χ0) is 16.6. The van der Waals surface area contributed by atoms with Crippen LogP contribution in [0.1, 0.15) is 50.4 Å². The average Bonchev–Trinajstić information content (AvgIpc) is 3.05. The van der Waals surface area contributed by atoms with Crippen LogP contribution < -0.4 is 5.32 Å². The first-order chi connectivity index (χ1) is 11.0. The SMILES string of the molecule is Cc1n[nH]c(C)c1NC(=O)[C@@H]1CC(=O)N(C2CCC(C)CC2)C1. The molecule has 1 saturated heterocycles. The summed E-state index contributed by atoms with van der Waals surface area (Å²) >= 11 is 0. The standard InChI is InChI=1S/C17H26N4O2/c1-10-4-6-14(7-5-10)21-9-13(8-15(21)22)17(23)18-16-11(2)19-20-12(16)3/h10,13-14H,4-9H2,1-3H3,(H,18,23)(H,19,20)/t10?,13-,14?/m1/s1. The molecule has 1 saturated carbocycles. The number of hydrogen-bond acceptors (Lipinski definition) is 3. The number of rotatable bonds is 3. The maximum Gasteiger partial charge on any atom is 0.229 e. The third-order valence-corrected chi connectivity index (χ3v) is 5.33. The van der Waals surface area contributed by atoms with Crippen molar-refractivity contribution in [2.45, 2.75) is 58.9 Å². The van der Waals surface area contributed by atoms with E-state index in [1.807, 2.05) is 18.7 Å². The summed E-state index contributed by atoms with van der Waals surface area (Å²) in [4.78, 5) is 26.8. The number of nitrogens with zero attached hydrogens (tertiary/aromatic N) is 2. The van der Waals surface area contributed by atoms with Gasteiger partial charge in [0.15, 0.2) is 0 Å². The molecule has 1 aromatic heterocycles. The number of likely N-dealkylation sites (tertiary alicyclic amines) is 1. The van der Waals surface area contributed by atoms with Crippen molar-refractivity contribution in [2.75, 3.05) is 11.9 Å². The summed E-state index contributed by atoms with van der Waals surface area (Å²) in [5, 5.41) is 9.89. The number of amides is 2. The van der Waals surface area contributed by atoms with Gasteiger partial charge in [-0.2, -0.15) is 5.10 Å². The first-order valence-corrected chi connectivity index (χ1v) is 8.57. The topological polar surface area (TPSA) is 78.1 Å². The molecule has 6 nitrogen and oxygen atoms in total. The van der Waals surface area contributed by atoms with Crippen LogP contribution in [0.2, 0.25) is 0 Å². The van der Waals surface area contributed by atoms with Crippen LogP contribution in [0.15, 0.2) is 0 Å². The second-order valence-corrected chi connectivity index (χ2v) is 7.16. The van der Waals surface area contributed by atoms with Gasteiger partial charge in [-0.3, -0.25) is 14.7 Å². The summed E-state index contributed by atoms with van der Waals surface area (Å²) in [6.07, 6.45) is 4.83. The average molecular weight is 318 g/mol. The van der Waals surface area contributed by atoms with Gasteiger partial charge in [0.2, 0.25) is 11.8 Å². The molecule has 6 heteroatoms. The molecular weight excluding hydrogens is 292 g/mol. The lowest BCUT2D eigenvalue weighted by Gasteiger charge is -2.33. The van der Waals surface area contributed by atoms with Crippen LogP contribution in [0.3, 0.4) is 0 Å². The fraction of sp³-hybridized carbons (Fsp3) is 0.706. The minimum absolute atomic E-state index is 0.0716. The van der Waals surface area contributed by atoms with Crippen LogP contribution in [0.4, 0.5) is 5.69 Å². The molecule has 1 aliphatic heterocycles. The first kappa shape index (κ1) is 16.0. The molecule has 0 unspecified atom stereocenters. The van der Waals surface area contributed by atoms with E-state index in [4.69, 9.17) is 0 Å². The van der Waals surface area contributed by atoms with E-state index in [-0.39, 0.29) is 17.7 Å². The van der Waals surface area contributed by atoms with E-state index < -0.39 is 0 Å². The molecule has 1 atom stereocenters. The zero-order valence-electron chi connectivity index (χ0n) is 14.2. The predicted octanol–water partition coefficient (Wildman–Crippen LogP) is 2.39. The van der Waals surface area contributed by atoms with E-state index in [9.17, 15) is 9.59 Å². The fourth-order valence-corrected chi connectivity index (χ4v) is 3.77. The highest BCUT2D eigenvalue weighted by Gasteiger charge is 2.38. The summed E-state index contributed by atoms with van der Waals surface area (Å²) in [6, 6.07) is 0.328. The molecule has 3 rings (SSSR count). The third-order valence-electron chi connectivity index (χ3n) is 5.33. The quantitative estimate of drug-likeness (QED) is 0.898. The van der Waals surface area contributed by atoms with Crippen LogP contribution in [0.25, 0.3) is 0 Å². The van der Waals surface area contributed by atoms with Crippen molar-refractivity contribution in [1.82, 2.24) is 15.1 Å². The number of aromatic nitrogens is 2. The number of H-pyrrole nitrogens is 1. The zero-order valence-corrected chi connectivity index (χ0v) is 14.2. The summed E-state index contributed by atoms with van der Waals surface area (Å²) in [5.41, 5.74) is 2.36. The molecule has 23 heavy (non-hydrogen) atoms. The van der Waals surface area contributed by atoms with E-state index in [2.05, 4.69) is 22.4 Å². The van der Waals surface area contributed by atoms with Crippen molar-refractivity contribution in [3.05, 3.63) is 11.4 Å². The van der Waals surface area contributed by atoms with Crippen molar-refractivity contribution < 1.29 is 9.59 Å². The van der Waals surface area contributed by atoms with Gasteiger partial charge >= 0.3 is 0 Å². The van der Waals surface area contributed by atoms with E-state index in [1.165, 1.54) is 12.8 Å². The Morgan fingerprint density at radius 1 is 1.26 bits per heavy atom. The summed E-state index contributed by atoms with van der Waals surface area (Å²) in [6.45, 7) is 6.56. The highest BCUT2D eigenvalue weighted by atomic mass is 16.2. The predicted molar refractivity (Wildman–Crippen MR) is 87.9 cm³/mol. The Balaban J connectivity index is 1.62. The Hall–Kier alpha value is -1.85. The van der Waals surface area contributed by atoms with Crippen LogP contribution >= 0.6 is 0 Å². The lowest BCUT2D eigenvalue weighted by atomic mass is 9.87. The van der Waals surface area contributed by atoms with Gasteiger partial charge < -0.3 is 10.2 Å². The van der Waals surface area contributed by atoms with Crippen molar-refractivity contribution in [3.8, 4) is 0 Å². The Kier molecular flexibility index (Phi) is 4.41. The molecular formula is C17H26N4O2. The maximum absolute atomic E-state index is 12.5. The third kappa shape index (κ3) is 3.26. The molecule has 2 heterocycles. The summed E-state index contributed by atoms with van der Waals surface area (Å²) < 4.78 is 0. The Labute approximate surface area is 137 Å². The molecule has 2 N–H and O–H groups in total. The van der Waals surface area contributed by atoms with Crippen molar-refractivity contribution >= 4 is 17.5 Å². The molecule has 126 valence electrons. The van der Waals surface area contributed by atoms with E-state index in [1.54, 1.807) is 0 Å². The van der Waals surface area contributed by atoms with E-state index in [0.29, 0.717) is 19.0 Å². The second-order valence-electron chi connectivity index (χ2n) is 7.16. The highest BCUT2D eigenvalue weighted by Crippen LogP contribution is 2.31. The smallest absolute Gasteiger partial charge is 0.229 e. The van der Waals surface area contributed by atoms with Gasteiger partial charge in [-0.25, -0.2) is 0 Å². The highest BCUT2D eigenvalue weighted by molar-refractivity contribution is 5.97. The number of hydrogen-bond donors (Lipinski definition) is 2. The van der Waals surface area contributed by atoms with Crippen molar-refractivity contribution in [3.63, 3.8) is 0 Å². The molecule has 0 spiro atoms. The minimum atomic E-state index is -0.254. The molecule has 2 fully saturated rings. The van der Waals surface area contributed by atoms with Crippen LogP contribution in [0.5, 0.6) is 0 Å². The van der Waals surface area contributed by atoms with Crippen molar-refractivity contribution in [1.29, 1.82) is 0 Å². The Morgan fingerprint density at radius 3 is 2.57 bits per heavy atom. The van der Waals surface area contributed by atoms with Gasteiger partial charge in [-0.1, -0.05) is 6.92 Å². The van der Waals surface area contributed by atoms with Gasteiger partial charge in [0, 0.05) is 19.0 Å².